The summed E-state index contributed by atoms with van der Waals surface area (Å²) in [5.74, 6) is -0.996. The number of unbranched alkanes of at least 4 members (excludes halogenated alkanes) is 9. The van der Waals surface area contributed by atoms with Crippen LogP contribution < -0.4 is 0 Å². The monoisotopic (exact) mass is 484 g/mol. The van der Waals surface area contributed by atoms with Gasteiger partial charge in [-0.1, -0.05) is 71.1 Å². The van der Waals surface area contributed by atoms with E-state index < -0.39 is 18.1 Å². The summed E-state index contributed by atoms with van der Waals surface area (Å²) < 4.78 is 44.7. The zero-order valence-corrected chi connectivity index (χ0v) is 22.4. The molecule has 0 aromatic heterocycles. The molecule has 3 nitrogen and oxygen atoms in total. The lowest BCUT2D eigenvalue weighted by Gasteiger charge is -2.27. The van der Waals surface area contributed by atoms with Crippen molar-refractivity contribution in [3.63, 3.8) is 0 Å². The van der Waals surface area contributed by atoms with Crippen molar-refractivity contribution in [2.24, 2.45) is 0 Å². The van der Waals surface area contributed by atoms with Gasteiger partial charge in [-0.05, 0) is 71.1 Å². The molecule has 1 rings (SSSR count). The smallest absolute Gasteiger partial charge is 0.272 e. The molecule has 0 radical (unpaired) electrons. The number of rotatable bonds is 21. The van der Waals surface area contributed by atoms with Gasteiger partial charge in [-0.3, -0.25) is 0 Å². The number of hydrogen-bond donors (Lipinski definition) is 0. The molecule has 0 bridgehead atoms. The van der Waals surface area contributed by atoms with Gasteiger partial charge in [0, 0.05) is 6.07 Å². The highest BCUT2D eigenvalue weighted by molar-refractivity contribution is 5.17. The summed E-state index contributed by atoms with van der Waals surface area (Å²) in [5, 5.41) is 0. The van der Waals surface area contributed by atoms with E-state index >= 15 is 0 Å². The minimum Gasteiger partial charge on any atom is -0.327 e. The number of benzene rings is 1. The molecule has 1 aromatic rings. The predicted octanol–water partition coefficient (Wildman–Crippen LogP) is 9.12. The third-order valence-electron chi connectivity index (χ3n) is 5.86. The minimum atomic E-state index is -0.627. The van der Waals surface area contributed by atoms with E-state index in [0.29, 0.717) is 6.42 Å². The van der Waals surface area contributed by atoms with Crippen molar-refractivity contribution < 1.29 is 23.0 Å². The van der Waals surface area contributed by atoms with Gasteiger partial charge in [0.1, 0.15) is 11.6 Å². The van der Waals surface area contributed by atoms with Crippen LogP contribution in [0.4, 0.5) is 8.78 Å². The number of hydrogen-bond acceptors (Lipinski definition) is 3. The van der Waals surface area contributed by atoms with Gasteiger partial charge in [0.05, 0.1) is 18.3 Å². The van der Waals surface area contributed by atoms with Crippen LogP contribution in [0.1, 0.15) is 124 Å². The molecular weight excluding hydrogens is 434 g/mol. The lowest BCUT2D eigenvalue weighted by atomic mass is 10.0. The molecule has 0 N–H and O–H groups in total. The summed E-state index contributed by atoms with van der Waals surface area (Å²) >= 11 is 0. The maximum Gasteiger partial charge on any atom is 0.272 e. The topological polar surface area (TPSA) is 27.7 Å². The third-order valence-corrected chi connectivity index (χ3v) is 5.86. The van der Waals surface area contributed by atoms with Crippen LogP contribution >= 0.6 is 0 Å². The molecule has 0 saturated heterocycles. The summed E-state index contributed by atoms with van der Waals surface area (Å²) in [6.07, 6.45) is 16.0. The molecule has 5 heteroatoms. The Morgan fingerprint density at radius 2 is 1.09 bits per heavy atom. The lowest BCUT2D eigenvalue weighted by Crippen LogP contribution is -2.31. The molecule has 0 amide bonds. The first-order chi connectivity index (χ1) is 16.3. The van der Waals surface area contributed by atoms with Gasteiger partial charge in [-0.25, -0.2) is 8.78 Å². The normalized spacial score (nSPS) is 12.9. The van der Waals surface area contributed by atoms with E-state index in [1.165, 1.54) is 50.7 Å². The fourth-order valence-corrected chi connectivity index (χ4v) is 4.12. The Morgan fingerprint density at radius 3 is 1.59 bits per heavy atom. The third kappa shape index (κ3) is 16.6. The van der Waals surface area contributed by atoms with Crippen LogP contribution in [-0.2, 0) is 20.6 Å². The van der Waals surface area contributed by atoms with Crippen molar-refractivity contribution in [1.29, 1.82) is 0 Å². The Kier molecular flexibility index (Phi) is 17.5. The Hall–Kier alpha value is -1.04. The van der Waals surface area contributed by atoms with Gasteiger partial charge in [0.2, 0.25) is 0 Å². The zero-order chi connectivity index (χ0) is 25.2. The van der Waals surface area contributed by atoms with Crippen LogP contribution in [0.25, 0.3) is 0 Å². The Balaban J connectivity index is 2.42. The van der Waals surface area contributed by atoms with Gasteiger partial charge in [0.25, 0.3) is 6.48 Å². The standard InChI is InChI=1S/C29H50F2O3/c1-6-7-8-9-10-11-15-18-28(34-29(32-23(2)3)33-24(4)5)19-16-13-12-14-17-25-20-26(30)22-27(31)21-25/h20-24,28-29H,6-19H2,1-5H3. The molecule has 0 heterocycles. The number of aryl methyl sites for hydroxylation is 1. The van der Waals surface area contributed by atoms with E-state index in [9.17, 15) is 8.78 Å². The second-order valence-electron chi connectivity index (χ2n) is 10.1. The summed E-state index contributed by atoms with van der Waals surface area (Å²) in [6, 6.07) is 3.78. The van der Waals surface area contributed by atoms with Gasteiger partial charge >= 0.3 is 0 Å². The molecule has 0 aliphatic rings. The van der Waals surface area contributed by atoms with Crippen molar-refractivity contribution in [3.05, 3.63) is 35.4 Å². The fraction of sp³-hybridized carbons (Fsp3) is 0.793. The van der Waals surface area contributed by atoms with Crippen LogP contribution in [0.3, 0.4) is 0 Å². The quantitative estimate of drug-likeness (QED) is 0.129. The van der Waals surface area contributed by atoms with Crippen molar-refractivity contribution >= 4 is 0 Å². The van der Waals surface area contributed by atoms with E-state index in [4.69, 9.17) is 14.2 Å². The zero-order valence-electron chi connectivity index (χ0n) is 22.4. The average Bonchev–Trinajstić information content (AvgIpc) is 2.73. The van der Waals surface area contributed by atoms with Crippen LogP contribution in [0.15, 0.2) is 18.2 Å². The maximum atomic E-state index is 13.3. The van der Waals surface area contributed by atoms with Crippen LogP contribution in [-0.4, -0.2) is 24.8 Å². The van der Waals surface area contributed by atoms with Crippen LogP contribution in [0.5, 0.6) is 0 Å². The van der Waals surface area contributed by atoms with Crippen molar-refractivity contribution in [3.8, 4) is 0 Å². The summed E-state index contributed by atoms with van der Waals surface area (Å²) in [4.78, 5) is 0. The number of ether oxygens (including phenoxy) is 3. The molecule has 1 unspecified atom stereocenters. The molecule has 0 spiro atoms. The van der Waals surface area contributed by atoms with Crippen molar-refractivity contribution in [2.75, 3.05) is 0 Å². The number of halogens is 2. The highest BCUT2D eigenvalue weighted by Crippen LogP contribution is 2.20. The molecule has 0 aliphatic carbocycles. The van der Waals surface area contributed by atoms with Crippen molar-refractivity contribution in [1.82, 2.24) is 0 Å². The Labute approximate surface area is 207 Å². The minimum absolute atomic E-state index is 0.0376. The molecule has 34 heavy (non-hydrogen) atoms. The summed E-state index contributed by atoms with van der Waals surface area (Å²) in [6.45, 7) is 9.60. The second-order valence-corrected chi connectivity index (χ2v) is 10.1. The highest BCUT2D eigenvalue weighted by Gasteiger charge is 2.20. The highest BCUT2D eigenvalue weighted by atomic mass is 19.1. The SMILES string of the molecule is CCCCCCCCCC(CCCCCCc1cc(F)cc(F)c1)OC(OC(C)C)OC(C)C. The molecule has 0 fully saturated rings. The molecule has 0 saturated carbocycles. The van der Waals surface area contributed by atoms with E-state index in [1.807, 2.05) is 27.7 Å². The van der Waals surface area contributed by atoms with E-state index in [0.717, 1.165) is 56.6 Å². The molecule has 1 atom stereocenters. The van der Waals surface area contributed by atoms with E-state index in [-0.39, 0.29) is 18.3 Å². The largest absolute Gasteiger partial charge is 0.327 e. The van der Waals surface area contributed by atoms with Gasteiger partial charge in [0.15, 0.2) is 0 Å². The average molecular weight is 485 g/mol. The predicted molar refractivity (Wildman–Crippen MR) is 137 cm³/mol. The van der Waals surface area contributed by atoms with Crippen molar-refractivity contribution in [2.45, 2.75) is 149 Å². The molecule has 1 aromatic carbocycles. The first-order valence-corrected chi connectivity index (χ1v) is 13.7. The summed E-state index contributed by atoms with van der Waals surface area (Å²) in [7, 11) is 0. The first kappa shape index (κ1) is 31.0. The Bertz CT molecular complexity index is 591. The van der Waals surface area contributed by atoms with Gasteiger partial charge < -0.3 is 14.2 Å². The first-order valence-electron chi connectivity index (χ1n) is 13.7. The molecule has 198 valence electrons. The van der Waals surface area contributed by atoms with Gasteiger partial charge in [-0.2, -0.15) is 0 Å². The van der Waals surface area contributed by atoms with E-state index in [1.54, 1.807) is 0 Å². The molecular formula is C29H50F2O3. The lowest BCUT2D eigenvalue weighted by molar-refractivity contribution is -0.327. The fourth-order valence-electron chi connectivity index (χ4n) is 4.12. The second kappa shape index (κ2) is 19.2. The van der Waals surface area contributed by atoms with E-state index in [2.05, 4.69) is 6.92 Å². The van der Waals surface area contributed by atoms with Crippen LogP contribution in [0, 0.1) is 11.6 Å². The van der Waals surface area contributed by atoms with Crippen LogP contribution in [0.2, 0.25) is 0 Å². The maximum absolute atomic E-state index is 13.3. The summed E-state index contributed by atoms with van der Waals surface area (Å²) in [5.41, 5.74) is 0.733. The molecule has 0 aliphatic heterocycles. The Morgan fingerprint density at radius 1 is 0.618 bits per heavy atom. The van der Waals surface area contributed by atoms with Gasteiger partial charge in [-0.15, -0.1) is 0 Å².